The van der Waals surface area contributed by atoms with Crippen molar-refractivity contribution in [3.63, 3.8) is 0 Å². The second kappa shape index (κ2) is 5.88. The van der Waals surface area contributed by atoms with E-state index in [1.165, 1.54) is 0 Å². The monoisotopic (exact) mass is 225 g/mol. The standard InChI is InChI=1S/C9H19NO3.ClH/c1-3-10-6-4-5(2)7(11)9(13)8(6)12;/h5-13H,3-4H2,1-2H3;1H. The minimum atomic E-state index is -1.02. The first-order valence-electron chi connectivity index (χ1n) is 4.85. The van der Waals surface area contributed by atoms with Gasteiger partial charge in [-0.3, -0.25) is 0 Å². The number of nitrogens with one attached hydrogen (secondary N) is 1. The molecule has 1 aliphatic carbocycles. The van der Waals surface area contributed by atoms with Gasteiger partial charge in [0.25, 0.3) is 0 Å². The lowest BCUT2D eigenvalue weighted by atomic mass is 9.80. The molecule has 0 aromatic heterocycles. The molecule has 1 aliphatic rings. The quantitative estimate of drug-likeness (QED) is 0.512. The zero-order valence-corrected chi connectivity index (χ0v) is 9.37. The zero-order chi connectivity index (χ0) is 10.0. The Hall–Kier alpha value is 0.130. The van der Waals surface area contributed by atoms with Crippen LogP contribution in [-0.4, -0.2) is 46.2 Å². The molecule has 1 saturated carbocycles. The molecule has 0 heterocycles. The Bertz CT molecular complexity index is 170. The van der Waals surface area contributed by atoms with Crippen molar-refractivity contribution in [1.29, 1.82) is 0 Å². The van der Waals surface area contributed by atoms with E-state index >= 15 is 0 Å². The Labute approximate surface area is 90.7 Å². The first kappa shape index (κ1) is 14.1. The highest BCUT2D eigenvalue weighted by molar-refractivity contribution is 5.85. The maximum absolute atomic E-state index is 9.58. The molecule has 0 aliphatic heterocycles. The zero-order valence-electron chi connectivity index (χ0n) is 8.55. The van der Waals surface area contributed by atoms with Crippen LogP contribution in [0.25, 0.3) is 0 Å². The highest BCUT2D eigenvalue weighted by Gasteiger charge is 2.39. The van der Waals surface area contributed by atoms with Gasteiger partial charge in [-0.25, -0.2) is 0 Å². The number of aliphatic hydroxyl groups is 3. The van der Waals surface area contributed by atoms with Crippen molar-refractivity contribution >= 4 is 12.4 Å². The Morgan fingerprint density at radius 1 is 1.14 bits per heavy atom. The van der Waals surface area contributed by atoms with Crippen molar-refractivity contribution in [2.24, 2.45) is 5.92 Å². The van der Waals surface area contributed by atoms with Gasteiger partial charge in [0.2, 0.25) is 0 Å². The van der Waals surface area contributed by atoms with Crippen molar-refractivity contribution in [3.8, 4) is 0 Å². The van der Waals surface area contributed by atoms with Gasteiger partial charge >= 0.3 is 0 Å². The molecular weight excluding hydrogens is 206 g/mol. The summed E-state index contributed by atoms with van der Waals surface area (Å²) in [6, 6.07) is -0.0987. The van der Waals surface area contributed by atoms with Crippen LogP contribution in [0.15, 0.2) is 0 Å². The molecule has 0 amide bonds. The minimum Gasteiger partial charge on any atom is -0.390 e. The van der Waals surface area contributed by atoms with Gasteiger partial charge in [0.05, 0.1) is 12.2 Å². The van der Waals surface area contributed by atoms with Crippen molar-refractivity contribution in [3.05, 3.63) is 0 Å². The number of likely N-dealkylation sites (N-methyl/N-ethyl adjacent to an activating group) is 1. The van der Waals surface area contributed by atoms with Gasteiger partial charge < -0.3 is 20.6 Å². The summed E-state index contributed by atoms with van der Waals surface area (Å²) in [6.07, 6.45) is -1.98. The van der Waals surface area contributed by atoms with Crippen LogP contribution in [0.4, 0.5) is 0 Å². The van der Waals surface area contributed by atoms with Crippen LogP contribution < -0.4 is 5.32 Å². The largest absolute Gasteiger partial charge is 0.390 e. The number of aliphatic hydroxyl groups excluding tert-OH is 3. The SMILES string of the molecule is CCNC1CC(C)C(O)C(O)C1O.Cl. The normalized spacial score (nSPS) is 43.1. The summed E-state index contributed by atoms with van der Waals surface area (Å²) < 4.78 is 0. The minimum absolute atomic E-state index is 0. The Balaban J connectivity index is 0.00000169. The van der Waals surface area contributed by atoms with E-state index in [9.17, 15) is 15.3 Å². The molecule has 0 aromatic carbocycles. The smallest absolute Gasteiger partial charge is 0.107 e. The molecule has 0 saturated heterocycles. The van der Waals surface area contributed by atoms with Crippen molar-refractivity contribution < 1.29 is 15.3 Å². The lowest BCUT2D eigenvalue weighted by Crippen LogP contribution is -2.57. The molecule has 0 bridgehead atoms. The summed E-state index contributed by atoms with van der Waals surface area (Å²) in [4.78, 5) is 0. The van der Waals surface area contributed by atoms with Gasteiger partial charge in [0.1, 0.15) is 6.10 Å². The number of hydrogen-bond donors (Lipinski definition) is 4. The third-order valence-electron chi connectivity index (χ3n) is 2.79. The van der Waals surface area contributed by atoms with Gasteiger partial charge in [-0.2, -0.15) is 0 Å². The first-order valence-corrected chi connectivity index (χ1v) is 4.85. The Morgan fingerprint density at radius 2 is 1.71 bits per heavy atom. The topological polar surface area (TPSA) is 72.7 Å². The molecule has 1 rings (SSSR count). The highest BCUT2D eigenvalue weighted by Crippen LogP contribution is 2.25. The van der Waals surface area contributed by atoms with E-state index in [4.69, 9.17) is 0 Å². The first-order chi connectivity index (χ1) is 6.07. The third-order valence-corrected chi connectivity index (χ3v) is 2.79. The lowest BCUT2D eigenvalue weighted by Gasteiger charge is -2.39. The molecule has 5 unspecified atom stereocenters. The number of halogens is 1. The molecule has 5 heteroatoms. The predicted octanol–water partition coefficient (Wildman–Crippen LogP) is -0.491. The summed E-state index contributed by atoms with van der Waals surface area (Å²) in [5, 5.41) is 31.6. The van der Waals surface area contributed by atoms with E-state index in [1.54, 1.807) is 0 Å². The van der Waals surface area contributed by atoms with E-state index in [2.05, 4.69) is 5.32 Å². The fraction of sp³-hybridized carbons (Fsp3) is 1.00. The third kappa shape index (κ3) is 2.81. The summed E-state index contributed by atoms with van der Waals surface area (Å²) in [5.74, 6) is 0.0300. The van der Waals surface area contributed by atoms with Crippen LogP contribution in [0.5, 0.6) is 0 Å². The van der Waals surface area contributed by atoms with Gasteiger partial charge in [-0.1, -0.05) is 13.8 Å². The van der Waals surface area contributed by atoms with E-state index < -0.39 is 18.3 Å². The summed E-state index contributed by atoms with van der Waals surface area (Å²) in [7, 11) is 0. The fourth-order valence-corrected chi connectivity index (χ4v) is 1.92. The number of rotatable bonds is 2. The lowest BCUT2D eigenvalue weighted by molar-refractivity contribution is -0.119. The molecule has 14 heavy (non-hydrogen) atoms. The van der Waals surface area contributed by atoms with Gasteiger partial charge in [0.15, 0.2) is 0 Å². The molecule has 5 atom stereocenters. The molecule has 4 nitrogen and oxygen atoms in total. The summed E-state index contributed by atoms with van der Waals surface area (Å²) in [5.41, 5.74) is 0. The maximum atomic E-state index is 9.58. The maximum Gasteiger partial charge on any atom is 0.107 e. The summed E-state index contributed by atoms with van der Waals surface area (Å²) in [6.45, 7) is 4.59. The number of hydrogen-bond acceptors (Lipinski definition) is 4. The van der Waals surface area contributed by atoms with E-state index in [0.29, 0.717) is 6.42 Å². The summed E-state index contributed by atoms with van der Waals surface area (Å²) >= 11 is 0. The molecule has 86 valence electrons. The van der Waals surface area contributed by atoms with Crippen LogP contribution >= 0.6 is 12.4 Å². The molecule has 0 spiro atoms. The molecule has 1 fully saturated rings. The average molecular weight is 226 g/mol. The Kier molecular flexibility index (Phi) is 5.93. The highest BCUT2D eigenvalue weighted by atomic mass is 35.5. The second-order valence-electron chi connectivity index (χ2n) is 3.85. The van der Waals surface area contributed by atoms with Crippen molar-refractivity contribution in [1.82, 2.24) is 5.32 Å². The van der Waals surface area contributed by atoms with Crippen molar-refractivity contribution in [2.45, 2.75) is 44.6 Å². The van der Waals surface area contributed by atoms with Crippen LogP contribution in [0.2, 0.25) is 0 Å². The molecule has 0 radical (unpaired) electrons. The van der Waals surface area contributed by atoms with Gasteiger partial charge in [-0.05, 0) is 18.9 Å². The van der Waals surface area contributed by atoms with E-state index in [0.717, 1.165) is 6.54 Å². The molecular formula is C9H20ClNO3. The van der Waals surface area contributed by atoms with Crippen LogP contribution in [0.3, 0.4) is 0 Å². The predicted molar refractivity (Wildman–Crippen MR) is 56.5 cm³/mol. The molecule has 0 aromatic rings. The second-order valence-corrected chi connectivity index (χ2v) is 3.85. The Morgan fingerprint density at radius 3 is 2.21 bits per heavy atom. The van der Waals surface area contributed by atoms with Crippen LogP contribution in [0.1, 0.15) is 20.3 Å². The van der Waals surface area contributed by atoms with Crippen LogP contribution in [0, 0.1) is 5.92 Å². The van der Waals surface area contributed by atoms with Crippen molar-refractivity contribution in [2.75, 3.05) is 6.54 Å². The van der Waals surface area contributed by atoms with E-state index in [-0.39, 0.29) is 24.4 Å². The van der Waals surface area contributed by atoms with Gasteiger partial charge in [-0.15, -0.1) is 12.4 Å². The fourth-order valence-electron chi connectivity index (χ4n) is 1.92. The average Bonchev–Trinajstić information content (AvgIpc) is 2.11. The van der Waals surface area contributed by atoms with E-state index in [1.807, 2.05) is 13.8 Å². The van der Waals surface area contributed by atoms with Crippen LogP contribution in [-0.2, 0) is 0 Å². The van der Waals surface area contributed by atoms with Gasteiger partial charge in [0, 0.05) is 6.04 Å². The molecule has 4 N–H and O–H groups in total.